The Labute approximate surface area is 249 Å². The zero-order chi connectivity index (χ0) is 26.9. The van der Waals surface area contributed by atoms with Gasteiger partial charge in [0.1, 0.15) is 6.04 Å². The molecule has 0 aliphatic heterocycles. The summed E-state index contributed by atoms with van der Waals surface area (Å²) in [5, 5.41) is 12.4. The van der Waals surface area contributed by atoms with Crippen LogP contribution in [-0.2, 0) is 17.6 Å². The average molecular weight is 538 g/mol. The van der Waals surface area contributed by atoms with Crippen molar-refractivity contribution in [1.29, 1.82) is 0 Å². The number of hydrogen-bond donors (Lipinski definition) is 2. The molecule has 1 aliphatic rings. The van der Waals surface area contributed by atoms with Crippen LogP contribution in [0.5, 0.6) is 0 Å². The van der Waals surface area contributed by atoms with Gasteiger partial charge < -0.3 is 10.4 Å². The molecule has 1 aliphatic carbocycles. The number of hydrogen-bond acceptors (Lipinski definition) is 3. The summed E-state index contributed by atoms with van der Waals surface area (Å²) in [5.74, 6) is 0.0369. The van der Waals surface area contributed by atoms with E-state index in [0.29, 0.717) is 17.7 Å². The Bertz CT molecular complexity index is 1240. The molecule has 3 aromatic carbocycles. The predicted molar refractivity (Wildman–Crippen MR) is 165 cm³/mol. The number of carboxylic acids is 1. The molecule has 6 heteroatoms. The predicted octanol–water partition coefficient (Wildman–Crippen LogP) is 6.78. The molecule has 4 rings (SSSR count). The molecule has 0 aromatic heterocycles. The molecule has 1 unspecified atom stereocenters. The molecule has 1 fully saturated rings. The van der Waals surface area contributed by atoms with Crippen LogP contribution in [0.25, 0.3) is 11.1 Å². The van der Waals surface area contributed by atoms with Crippen LogP contribution in [0, 0.1) is 6.92 Å². The number of benzene rings is 3. The maximum absolute atomic E-state index is 13.3. The molecule has 202 valence electrons. The number of aryl methyl sites for hydroxylation is 3. The first kappa shape index (κ1) is 31.1. The molecule has 2 N–H and O–H groups in total. The van der Waals surface area contributed by atoms with Crippen LogP contribution in [0.15, 0.2) is 66.7 Å². The number of nitrogens with one attached hydrogen (secondary N) is 1. The van der Waals surface area contributed by atoms with Crippen molar-refractivity contribution in [1.82, 2.24) is 5.32 Å². The second kappa shape index (κ2) is 15.4. The van der Waals surface area contributed by atoms with E-state index in [1.54, 1.807) is 11.8 Å². The number of carboxylic acid groups (broad SMARTS) is 1. The van der Waals surface area contributed by atoms with Crippen LogP contribution in [0.2, 0.25) is 0 Å². The van der Waals surface area contributed by atoms with Gasteiger partial charge in [-0.25, -0.2) is 4.79 Å². The van der Waals surface area contributed by atoms with Gasteiger partial charge in [-0.05, 0) is 96.4 Å². The van der Waals surface area contributed by atoms with Crippen LogP contribution in [0.1, 0.15) is 77.1 Å². The fourth-order valence-electron chi connectivity index (χ4n) is 5.45. The molecule has 0 heterocycles. The third kappa shape index (κ3) is 8.51. The Morgan fingerprint density at radius 2 is 1.59 bits per heavy atom. The van der Waals surface area contributed by atoms with Crippen molar-refractivity contribution in [2.45, 2.75) is 70.3 Å². The van der Waals surface area contributed by atoms with E-state index in [1.807, 2.05) is 49.6 Å². The van der Waals surface area contributed by atoms with Crippen LogP contribution in [0.4, 0.5) is 0 Å². The molecule has 3 aromatic rings. The molecule has 0 saturated heterocycles. The van der Waals surface area contributed by atoms with Crippen LogP contribution in [0.3, 0.4) is 0 Å². The number of carbonyl (C=O) groups excluding carboxylic acids is 1. The van der Waals surface area contributed by atoms with Gasteiger partial charge in [-0.15, -0.1) is 0 Å². The molecule has 0 radical (unpaired) electrons. The summed E-state index contributed by atoms with van der Waals surface area (Å²) in [6.45, 7) is 2.04. The third-order valence-corrected chi connectivity index (χ3v) is 8.38. The molecule has 1 atom stereocenters. The van der Waals surface area contributed by atoms with Crippen molar-refractivity contribution in [2.75, 3.05) is 12.0 Å². The Morgan fingerprint density at radius 1 is 0.923 bits per heavy atom. The maximum atomic E-state index is 13.3. The summed E-state index contributed by atoms with van der Waals surface area (Å²) in [6.07, 6.45) is 10.8. The zero-order valence-electron chi connectivity index (χ0n) is 22.5. The fraction of sp³-hybridized carbons (Fsp3) is 0.394. The van der Waals surface area contributed by atoms with Crippen molar-refractivity contribution in [3.8, 4) is 11.1 Å². The molecular formula is C33H40LiNO3S. The quantitative estimate of drug-likeness (QED) is 0.265. The number of thioether (sulfide) groups is 1. The van der Waals surface area contributed by atoms with Gasteiger partial charge >= 0.3 is 24.8 Å². The van der Waals surface area contributed by atoms with E-state index < -0.39 is 12.0 Å². The van der Waals surface area contributed by atoms with E-state index in [9.17, 15) is 14.7 Å². The van der Waals surface area contributed by atoms with E-state index in [1.165, 1.54) is 43.2 Å². The van der Waals surface area contributed by atoms with E-state index in [4.69, 9.17) is 0 Å². The summed E-state index contributed by atoms with van der Waals surface area (Å²) in [4.78, 5) is 25.0. The number of carbonyl (C=O) groups is 2. The van der Waals surface area contributed by atoms with E-state index in [-0.39, 0.29) is 24.8 Å². The first-order valence-corrected chi connectivity index (χ1v) is 15.2. The Morgan fingerprint density at radius 3 is 2.26 bits per heavy atom. The first-order chi connectivity index (χ1) is 18.5. The second-order valence-electron chi connectivity index (χ2n) is 10.4. The molecule has 39 heavy (non-hydrogen) atoms. The first-order valence-electron chi connectivity index (χ1n) is 13.8. The summed E-state index contributed by atoms with van der Waals surface area (Å²) in [5.41, 5.74) is 7.38. The van der Waals surface area contributed by atoms with Crippen molar-refractivity contribution in [3.63, 3.8) is 0 Å². The van der Waals surface area contributed by atoms with Gasteiger partial charge in [0.25, 0.3) is 5.91 Å². The van der Waals surface area contributed by atoms with Gasteiger partial charge in [0, 0.05) is 5.56 Å². The van der Waals surface area contributed by atoms with Gasteiger partial charge in [0.05, 0.1) is 0 Å². The second-order valence-corrected chi connectivity index (χ2v) is 11.4. The van der Waals surface area contributed by atoms with Crippen molar-refractivity contribution < 1.29 is 14.7 Å². The topological polar surface area (TPSA) is 66.4 Å². The van der Waals surface area contributed by atoms with Crippen molar-refractivity contribution >= 4 is 42.5 Å². The minimum absolute atomic E-state index is 0. The molecule has 0 spiro atoms. The van der Waals surface area contributed by atoms with Gasteiger partial charge in [-0.2, -0.15) is 11.8 Å². The van der Waals surface area contributed by atoms with Gasteiger partial charge in [0.2, 0.25) is 0 Å². The molecular weight excluding hydrogens is 497 g/mol. The monoisotopic (exact) mass is 537 g/mol. The Kier molecular flexibility index (Phi) is 12.2. The molecule has 1 amide bonds. The Balaban J connectivity index is 0.00000420. The summed E-state index contributed by atoms with van der Waals surface area (Å²) < 4.78 is 0. The normalized spacial score (nSPS) is 14.3. The standard InChI is InChI=1S/C33H39NO3S.Li.H/c1-23-8-6-7-11-28(23)30-22-25(16-19-29(30)32(35)34-31(33(36)37)20-21-38-2)13-12-24-14-17-27(18-15-24)26-9-4-3-5-10-26;;/h6-8,11,14-19,22,26,31H,3-5,9-10,12-13,20-21H2,1-2H3,(H,34,35)(H,36,37);;. The minimum atomic E-state index is -1.00. The molecule has 1 saturated carbocycles. The number of rotatable bonds is 11. The van der Waals surface area contributed by atoms with Gasteiger partial charge in [-0.1, -0.05) is 79.9 Å². The van der Waals surface area contributed by atoms with Crippen LogP contribution >= 0.6 is 11.8 Å². The summed E-state index contributed by atoms with van der Waals surface area (Å²) in [7, 11) is 0. The molecule has 0 bridgehead atoms. The Hall–Kier alpha value is -2.45. The third-order valence-electron chi connectivity index (χ3n) is 7.74. The van der Waals surface area contributed by atoms with Gasteiger partial charge in [-0.3, -0.25) is 4.79 Å². The van der Waals surface area contributed by atoms with E-state index >= 15 is 0 Å². The SMILES string of the molecule is CSCCC(NC(=O)c1ccc(CCc2ccc(C3CCCCC3)cc2)cc1-c1ccccc1C)C(=O)O.[LiH]. The van der Waals surface area contributed by atoms with Crippen LogP contribution < -0.4 is 5.32 Å². The summed E-state index contributed by atoms with van der Waals surface area (Å²) >= 11 is 1.57. The number of aliphatic carboxylic acids is 1. The van der Waals surface area contributed by atoms with E-state index in [2.05, 4.69) is 35.6 Å². The zero-order valence-corrected chi connectivity index (χ0v) is 23.4. The summed E-state index contributed by atoms with van der Waals surface area (Å²) in [6, 6.07) is 22.3. The van der Waals surface area contributed by atoms with E-state index in [0.717, 1.165) is 41.0 Å². The number of amides is 1. The van der Waals surface area contributed by atoms with Crippen LogP contribution in [-0.4, -0.2) is 53.9 Å². The van der Waals surface area contributed by atoms with Crippen molar-refractivity contribution in [2.24, 2.45) is 0 Å². The average Bonchev–Trinajstić information content (AvgIpc) is 2.95. The van der Waals surface area contributed by atoms with Crippen molar-refractivity contribution in [3.05, 3.63) is 94.5 Å². The van der Waals surface area contributed by atoms with Gasteiger partial charge in [0.15, 0.2) is 0 Å². The molecule has 4 nitrogen and oxygen atoms in total. The fourth-order valence-corrected chi connectivity index (χ4v) is 5.92.